The van der Waals surface area contributed by atoms with Gasteiger partial charge in [0, 0.05) is 24.0 Å². The van der Waals surface area contributed by atoms with Crippen LogP contribution in [0.1, 0.15) is 24.6 Å². The van der Waals surface area contributed by atoms with Crippen molar-refractivity contribution >= 4 is 5.82 Å². The molecule has 0 saturated heterocycles. The number of aryl methyl sites for hydroxylation is 1. The molecular weight excluding hydrogens is 288 g/mol. The fourth-order valence-electron chi connectivity index (χ4n) is 2.17. The number of nitrogens with one attached hydrogen (secondary N) is 1. The average molecular weight is 307 g/mol. The van der Waals surface area contributed by atoms with Crippen LogP contribution >= 0.6 is 0 Å². The molecule has 4 nitrogen and oxygen atoms in total. The zero-order chi connectivity index (χ0) is 16.2. The van der Waals surface area contributed by atoms with E-state index in [9.17, 15) is 13.6 Å². The minimum atomic E-state index is -3.07. The number of rotatable bonds is 6. The van der Waals surface area contributed by atoms with E-state index < -0.39 is 12.5 Å². The third-order valence-electron chi connectivity index (χ3n) is 3.38. The lowest BCUT2D eigenvalue weighted by molar-refractivity contribution is 0.0105. The largest absolute Gasteiger partial charge is 0.359 e. The number of anilines is 1. The smallest absolute Gasteiger partial charge is 0.293 e. The van der Waals surface area contributed by atoms with Gasteiger partial charge in [-0.3, -0.25) is 4.79 Å². The second-order valence-electron chi connectivity index (χ2n) is 5.13. The summed E-state index contributed by atoms with van der Waals surface area (Å²) in [6, 6.07) is 7.51. The molecule has 22 heavy (non-hydrogen) atoms. The number of benzene rings is 1. The van der Waals surface area contributed by atoms with Crippen LogP contribution in [0.25, 0.3) is 0 Å². The highest BCUT2D eigenvalue weighted by Crippen LogP contribution is 2.27. The van der Waals surface area contributed by atoms with Crippen LogP contribution in [-0.2, 0) is 12.5 Å². The van der Waals surface area contributed by atoms with Crippen molar-refractivity contribution in [2.45, 2.75) is 32.7 Å². The van der Waals surface area contributed by atoms with Gasteiger partial charge in [0.15, 0.2) is 5.82 Å². The predicted octanol–water partition coefficient (Wildman–Crippen LogP) is 3.17. The average Bonchev–Trinajstić information content (AvgIpc) is 2.51. The van der Waals surface area contributed by atoms with Gasteiger partial charge in [-0.2, -0.15) is 8.78 Å². The van der Waals surface area contributed by atoms with Crippen LogP contribution < -0.4 is 10.9 Å². The summed E-state index contributed by atoms with van der Waals surface area (Å²) in [6.07, 6.45) is 2.30. The Balaban J connectivity index is 2.18. The Hall–Kier alpha value is -2.24. The maximum absolute atomic E-state index is 14.1. The van der Waals surface area contributed by atoms with E-state index in [1.807, 2.05) is 6.92 Å². The number of nitrogens with zero attached hydrogens (tertiary/aromatic N) is 2. The third kappa shape index (κ3) is 3.50. The molecule has 0 fully saturated rings. The quantitative estimate of drug-likeness (QED) is 0.891. The fourth-order valence-corrected chi connectivity index (χ4v) is 2.17. The van der Waals surface area contributed by atoms with Gasteiger partial charge in [0.1, 0.15) is 0 Å². The lowest BCUT2D eigenvalue weighted by Crippen LogP contribution is -2.31. The van der Waals surface area contributed by atoms with Crippen molar-refractivity contribution in [3.8, 4) is 0 Å². The maximum Gasteiger partial charge on any atom is 0.293 e. The summed E-state index contributed by atoms with van der Waals surface area (Å²) in [5.74, 6) is -3.12. The molecule has 0 aliphatic rings. The van der Waals surface area contributed by atoms with Gasteiger partial charge in [0.2, 0.25) is 0 Å². The molecule has 1 aromatic heterocycles. The molecule has 0 radical (unpaired) electrons. The van der Waals surface area contributed by atoms with Gasteiger partial charge in [-0.1, -0.05) is 37.3 Å². The highest BCUT2D eigenvalue weighted by Gasteiger charge is 2.31. The molecule has 1 N–H and O–H groups in total. The second-order valence-corrected chi connectivity index (χ2v) is 5.13. The predicted molar refractivity (Wildman–Crippen MR) is 82.4 cm³/mol. The van der Waals surface area contributed by atoms with Crippen molar-refractivity contribution in [1.29, 1.82) is 0 Å². The van der Waals surface area contributed by atoms with Crippen LogP contribution in [0.4, 0.5) is 14.6 Å². The first kappa shape index (κ1) is 16.1. The minimum absolute atomic E-state index is 0.0466. The van der Waals surface area contributed by atoms with Crippen molar-refractivity contribution in [1.82, 2.24) is 9.55 Å². The molecule has 1 heterocycles. The van der Waals surface area contributed by atoms with Crippen LogP contribution in [0.5, 0.6) is 0 Å². The second kappa shape index (κ2) is 6.68. The normalized spacial score (nSPS) is 11.5. The summed E-state index contributed by atoms with van der Waals surface area (Å²) < 4.78 is 29.7. The van der Waals surface area contributed by atoms with Crippen LogP contribution in [0.2, 0.25) is 0 Å². The first-order chi connectivity index (χ1) is 10.5. The zero-order valence-electron chi connectivity index (χ0n) is 12.6. The summed E-state index contributed by atoms with van der Waals surface area (Å²) in [6.45, 7) is 3.58. The molecule has 0 unspecified atom stereocenters. The number of halogens is 2. The molecular formula is C16H19F2N3O. The molecule has 2 rings (SSSR count). The van der Waals surface area contributed by atoms with E-state index in [1.54, 1.807) is 25.1 Å². The van der Waals surface area contributed by atoms with Crippen LogP contribution in [-0.4, -0.2) is 16.1 Å². The first-order valence-corrected chi connectivity index (χ1v) is 7.19. The lowest BCUT2D eigenvalue weighted by Gasteiger charge is -2.18. The van der Waals surface area contributed by atoms with Crippen molar-refractivity contribution in [3.05, 3.63) is 58.1 Å². The Labute approximate surface area is 127 Å². The van der Waals surface area contributed by atoms with E-state index in [2.05, 4.69) is 10.3 Å². The van der Waals surface area contributed by atoms with Crippen molar-refractivity contribution in [3.63, 3.8) is 0 Å². The summed E-state index contributed by atoms with van der Waals surface area (Å²) in [5.41, 5.74) is 0.251. The SMILES string of the molecule is CCCn1c(C)cnc(NCC(F)(F)c2ccccc2)c1=O. The summed E-state index contributed by atoms with van der Waals surface area (Å²) in [4.78, 5) is 16.2. The van der Waals surface area contributed by atoms with Crippen molar-refractivity contribution in [2.24, 2.45) is 0 Å². The highest BCUT2D eigenvalue weighted by molar-refractivity contribution is 5.33. The molecule has 0 spiro atoms. The van der Waals surface area contributed by atoms with Crippen LogP contribution in [0.15, 0.2) is 41.3 Å². The summed E-state index contributed by atoms with van der Waals surface area (Å²) in [5, 5.41) is 2.48. The van der Waals surface area contributed by atoms with E-state index in [4.69, 9.17) is 0 Å². The molecule has 0 amide bonds. The van der Waals surface area contributed by atoms with Gasteiger partial charge >= 0.3 is 0 Å². The topological polar surface area (TPSA) is 46.9 Å². The fraction of sp³-hybridized carbons (Fsp3) is 0.375. The minimum Gasteiger partial charge on any atom is -0.359 e. The van der Waals surface area contributed by atoms with Gasteiger partial charge in [-0.25, -0.2) is 4.98 Å². The molecule has 0 aliphatic heterocycles. The Morgan fingerprint density at radius 1 is 1.27 bits per heavy atom. The van der Waals surface area contributed by atoms with Gasteiger partial charge in [-0.05, 0) is 13.3 Å². The Bertz CT molecular complexity index is 684. The summed E-state index contributed by atoms with van der Waals surface area (Å²) in [7, 11) is 0. The number of alkyl halides is 2. The zero-order valence-corrected chi connectivity index (χ0v) is 12.6. The van der Waals surface area contributed by atoms with E-state index >= 15 is 0 Å². The lowest BCUT2D eigenvalue weighted by atomic mass is 10.1. The third-order valence-corrected chi connectivity index (χ3v) is 3.38. The van der Waals surface area contributed by atoms with Gasteiger partial charge in [-0.15, -0.1) is 0 Å². The number of hydrogen-bond acceptors (Lipinski definition) is 3. The highest BCUT2D eigenvalue weighted by atomic mass is 19.3. The van der Waals surface area contributed by atoms with E-state index in [0.29, 0.717) is 12.2 Å². The van der Waals surface area contributed by atoms with Gasteiger partial charge in [0.05, 0.1) is 6.54 Å². The number of hydrogen-bond donors (Lipinski definition) is 1. The van der Waals surface area contributed by atoms with Gasteiger partial charge < -0.3 is 9.88 Å². The van der Waals surface area contributed by atoms with E-state index in [1.165, 1.54) is 22.9 Å². The molecule has 6 heteroatoms. The van der Waals surface area contributed by atoms with Crippen molar-refractivity contribution < 1.29 is 8.78 Å². The first-order valence-electron chi connectivity index (χ1n) is 7.19. The summed E-state index contributed by atoms with van der Waals surface area (Å²) >= 11 is 0. The van der Waals surface area contributed by atoms with Crippen molar-refractivity contribution in [2.75, 3.05) is 11.9 Å². The molecule has 0 saturated carbocycles. The van der Waals surface area contributed by atoms with Gasteiger partial charge in [0.25, 0.3) is 11.5 Å². The molecule has 118 valence electrons. The molecule has 0 aliphatic carbocycles. The molecule has 0 bridgehead atoms. The Morgan fingerprint density at radius 2 is 1.95 bits per heavy atom. The maximum atomic E-state index is 14.1. The van der Waals surface area contributed by atoms with E-state index in [0.717, 1.165) is 6.42 Å². The van der Waals surface area contributed by atoms with Crippen LogP contribution in [0.3, 0.4) is 0 Å². The Kier molecular flexibility index (Phi) is 4.90. The number of aromatic nitrogens is 2. The van der Waals surface area contributed by atoms with E-state index in [-0.39, 0.29) is 16.9 Å². The molecule has 0 atom stereocenters. The standard InChI is InChI=1S/C16H19F2N3O/c1-3-9-21-12(2)10-19-14(15(21)22)20-11-16(17,18)13-7-5-4-6-8-13/h4-8,10H,3,9,11H2,1-2H3,(H,19,20). The van der Waals surface area contributed by atoms with Crippen LogP contribution in [0, 0.1) is 6.92 Å². The molecule has 1 aromatic carbocycles. The Morgan fingerprint density at radius 3 is 2.59 bits per heavy atom. The monoisotopic (exact) mass is 307 g/mol. The molecule has 2 aromatic rings.